The number of nitrogens with one attached hydrogen (secondary N) is 1. The van der Waals surface area contributed by atoms with Crippen molar-refractivity contribution >= 4 is 6.08 Å². The molecule has 0 aliphatic carbocycles. The molecule has 2 N–H and O–H groups in total. The number of likely N-dealkylation sites (tertiary alicyclic amines) is 1. The van der Waals surface area contributed by atoms with Gasteiger partial charge in [0.15, 0.2) is 0 Å². The molecule has 0 aromatic heterocycles. The van der Waals surface area contributed by atoms with Crippen LogP contribution in [0.5, 0.6) is 5.75 Å². The quantitative estimate of drug-likeness (QED) is 0.723. The zero-order valence-corrected chi connectivity index (χ0v) is 14.4. The largest absolute Gasteiger partial charge is 0.496 e. The van der Waals surface area contributed by atoms with Crippen LogP contribution in [0, 0.1) is 5.92 Å². The zero-order valence-electron chi connectivity index (χ0n) is 14.4. The van der Waals surface area contributed by atoms with Gasteiger partial charge in [0.2, 0.25) is 0 Å². The molecule has 1 atom stereocenters. The molecular weight excluding hydrogens is 288 g/mol. The monoisotopic (exact) mass is 318 g/mol. The lowest BCUT2D eigenvalue weighted by molar-refractivity contribution is 0.100. The highest BCUT2D eigenvalue weighted by Crippen LogP contribution is 2.18. The third kappa shape index (κ3) is 6.34. The standard InChI is InChI=1S/C19H30N2O2/c1-16(22)15-21-12-9-17(10-13-21)14-20-11-5-7-18-6-3-4-8-19(18)23-2/h3-8,16-17,20,22H,9-15H2,1-2H3. The predicted molar refractivity (Wildman–Crippen MR) is 95.7 cm³/mol. The molecule has 0 spiro atoms. The van der Waals surface area contributed by atoms with E-state index in [4.69, 9.17) is 4.74 Å². The van der Waals surface area contributed by atoms with Crippen LogP contribution in [0.25, 0.3) is 6.08 Å². The maximum absolute atomic E-state index is 9.43. The Labute approximate surface area is 140 Å². The van der Waals surface area contributed by atoms with Crippen LogP contribution in [-0.2, 0) is 0 Å². The third-order valence-electron chi connectivity index (χ3n) is 4.36. The molecule has 2 rings (SSSR count). The van der Waals surface area contributed by atoms with E-state index in [9.17, 15) is 5.11 Å². The number of rotatable bonds is 8. The number of aliphatic hydroxyl groups excluding tert-OH is 1. The first-order valence-corrected chi connectivity index (χ1v) is 8.59. The van der Waals surface area contributed by atoms with Crippen LogP contribution in [0.4, 0.5) is 0 Å². The summed E-state index contributed by atoms with van der Waals surface area (Å²) in [4.78, 5) is 2.36. The smallest absolute Gasteiger partial charge is 0.126 e. The Morgan fingerprint density at radius 2 is 2.09 bits per heavy atom. The van der Waals surface area contributed by atoms with E-state index in [0.29, 0.717) is 0 Å². The number of benzene rings is 1. The number of methoxy groups -OCH3 is 1. The van der Waals surface area contributed by atoms with E-state index in [0.717, 1.165) is 50.0 Å². The second-order valence-electron chi connectivity index (χ2n) is 6.40. The van der Waals surface area contributed by atoms with E-state index in [1.807, 2.05) is 25.1 Å². The van der Waals surface area contributed by atoms with Crippen molar-refractivity contribution < 1.29 is 9.84 Å². The summed E-state index contributed by atoms with van der Waals surface area (Å²) in [7, 11) is 1.70. The lowest BCUT2D eigenvalue weighted by atomic mass is 9.96. The van der Waals surface area contributed by atoms with Crippen molar-refractivity contribution in [3.63, 3.8) is 0 Å². The first kappa shape index (κ1) is 18.0. The lowest BCUT2D eigenvalue weighted by Crippen LogP contribution is -2.40. The van der Waals surface area contributed by atoms with Crippen molar-refractivity contribution in [1.82, 2.24) is 10.2 Å². The Morgan fingerprint density at radius 1 is 1.35 bits per heavy atom. The fourth-order valence-electron chi connectivity index (χ4n) is 3.11. The SMILES string of the molecule is COc1ccccc1C=CCNCC1CCN(CC(C)O)CC1. The molecule has 0 amide bonds. The van der Waals surface area contributed by atoms with Gasteiger partial charge in [0.25, 0.3) is 0 Å². The average Bonchev–Trinajstić information content (AvgIpc) is 2.56. The van der Waals surface area contributed by atoms with Crippen molar-refractivity contribution in [2.24, 2.45) is 5.92 Å². The minimum absolute atomic E-state index is 0.218. The molecule has 0 radical (unpaired) electrons. The fraction of sp³-hybridized carbons (Fsp3) is 0.579. The number of para-hydroxylation sites is 1. The Kier molecular flexibility index (Phi) is 7.59. The van der Waals surface area contributed by atoms with Crippen LogP contribution in [0.15, 0.2) is 30.3 Å². The fourth-order valence-corrected chi connectivity index (χ4v) is 3.11. The van der Waals surface area contributed by atoms with Crippen molar-refractivity contribution in [2.75, 3.05) is 39.8 Å². The zero-order chi connectivity index (χ0) is 16.5. The van der Waals surface area contributed by atoms with Crippen LogP contribution >= 0.6 is 0 Å². The van der Waals surface area contributed by atoms with Crippen molar-refractivity contribution in [2.45, 2.75) is 25.9 Å². The second kappa shape index (κ2) is 9.71. The van der Waals surface area contributed by atoms with Crippen molar-refractivity contribution in [3.8, 4) is 5.75 Å². The molecule has 1 aliphatic heterocycles. The lowest BCUT2D eigenvalue weighted by Gasteiger charge is -2.32. The van der Waals surface area contributed by atoms with E-state index in [-0.39, 0.29) is 6.10 Å². The van der Waals surface area contributed by atoms with Gasteiger partial charge in [-0.1, -0.05) is 30.4 Å². The number of nitrogens with zero attached hydrogens (tertiary/aromatic N) is 1. The van der Waals surface area contributed by atoms with E-state index >= 15 is 0 Å². The summed E-state index contributed by atoms with van der Waals surface area (Å²) >= 11 is 0. The third-order valence-corrected chi connectivity index (χ3v) is 4.36. The van der Waals surface area contributed by atoms with Gasteiger partial charge in [0.05, 0.1) is 13.2 Å². The highest BCUT2D eigenvalue weighted by molar-refractivity contribution is 5.57. The summed E-state index contributed by atoms with van der Waals surface area (Å²) in [5, 5.41) is 13.0. The molecule has 128 valence electrons. The summed E-state index contributed by atoms with van der Waals surface area (Å²) in [6.07, 6.45) is 6.48. The Bertz CT molecular complexity index is 480. The van der Waals surface area contributed by atoms with Gasteiger partial charge in [-0.3, -0.25) is 0 Å². The molecule has 1 heterocycles. The number of aliphatic hydroxyl groups is 1. The molecule has 4 nitrogen and oxygen atoms in total. The van der Waals surface area contributed by atoms with E-state index in [1.54, 1.807) is 7.11 Å². The molecule has 1 aliphatic rings. The minimum atomic E-state index is -0.218. The van der Waals surface area contributed by atoms with Gasteiger partial charge >= 0.3 is 0 Å². The molecule has 1 aromatic carbocycles. The molecule has 1 unspecified atom stereocenters. The summed E-state index contributed by atoms with van der Waals surface area (Å²) in [5.74, 6) is 1.66. The number of ether oxygens (including phenoxy) is 1. The van der Waals surface area contributed by atoms with Crippen LogP contribution in [0.2, 0.25) is 0 Å². The highest BCUT2D eigenvalue weighted by Gasteiger charge is 2.19. The van der Waals surface area contributed by atoms with Crippen LogP contribution in [-0.4, -0.2) is 55.9 Å². The van der Waals surface area contributed by atoms with E-state index < -0.39 is 0 Å². The van der Waals surface area contributed by atoms with Crippen LogP contribution < -0.4 is 10.1 Å². The van der Waals surface area contributed by atoms with Crippen molar-refractivity contribution in [3.05, 3.63) is 35.9 Å². The summed E-state index contributed by atoms with van der Waals surface area (Å²) in [6.45, 7) is 6.83. The Morgan fingerprint density at radius 3 is 2.78 bits per heavy atom. The van der Waals surface area contributed by atoms with Gasteiger partial charge in [0.1, 0.15) is 5.75 Å². The number of hydrogen-bond donors (Lipinski definition) is 2. The van der Waals surface area contributed by atoms with Gasteiger partial charge in [-0.25, -0.2) is 0 Å². The first-order valence-electron chi connectivity index (χ1n) is 8.59. The van der Waals surface area contributed by atoms with Gasteiger partial charge < -0.3 is 20.1 Å². The van der Waals surface area contributed by atoms with Crippen molar-refractivity contribution in [1.29, 1.82) is 0 Å². The molecule has 0 bridgehead atoms. The predicted octanol–water partition coefficient (Wildman–Crippen LogP) is 2.39. The van der Waals surface area contributed by atoms with Crippen LogP contribution in [0.1, 0.15) is 25.3 Å². The van der Waals surface area contributed by atoms with E-state index in [1.165, 1.54) is 12.8 Å². The summed E-state index contributed by atoms with van der Waals surface area (Å²) in [5.41, 5.74) is 1.11. The van der Waals surface area contributed by atoms with Crippen LogP contribution in [0.3, 0.4) is 0 Å². The summed E-state index contributed by atoms with van der Waals surface area (Å²) < 4.78 is 5.34. The maximum Gasteiger partial charge on any atom is 0.126 e. The molecule has 23 heavy (non-hydrogen) atoms. The van der Waals surface area contributed by atoms with Gasteiger partial charge in [-0.2, -0.15) is 0 Å². The van der Waals surface area contributed by atoms with Gasteiger partial charge in [0, 0.05) is 18.7 Å². The molecule has 1 fully saturated rings. The molecule has 4 heteroatoms. The van der Waals surface area contributed by atoms with Gasteiger partial charge in [-0.05, 0) is 51.4 Å². The Hall–Kier alpha value is -1.36. The molecular formula is C19H30N2O2. The molecule has 1 aromatic rings. The highest BCUT2D eigenvalue weighted by atomic mass is 16.5. The normalized spacial score (nSPS) is 18.4. The average molecular weight is 318 g/mol. The first-order chi connectivity index (χ1) is 11.2. The topological polar surface area (TPSA) is 44.7 Å². The summed E-state index contributed by atoms with van der Waals surface area (Å²) in [6, 6.07) is 8.05. The van der Waals surface area contributed by atoms with E-state index in [2.05, 4.69) is 28.4 Å². The number of β-amino-alcohol motifs (C(OH)–C–C–N with tert-alkyl or cyclic N) is 1. The maximum atomic E-state index is 9.43. The number of hydrogen-bond acceptors (Lipinski definition) is 4. The van der Waals surface area contributed by atoms with Gasteiger partial charge in [-0.15, -0.1) is 0 Å². The number of piperidine rings is 1. The second-order valence-corrected chi connectivity index (χ2v) is 6.40. The Balaban J connectivity index is 1.63. The minimum Gasteiger partial charge on any atom is -0.496 e. The molecule has 1 saturated heterocycles. The molecule has 0 saturated carbocycles.